The zero-order valence-corrected chi connectivity index (χ0v) is 11.9. The third-order valence-corrected chi connectivity index (χ3v) is 4.22. The Hall–Kier alpha value is -1.43. The molecule has 1 N–H and O–H groups in total. The fraction of sp³-hybridized carbons (Fsp3) is 0.615. The summed E-state index contributed by atoms with van der Waals surface area (Å²) < 4.78 is 0. The van der Waals surface area contributed by atoms with Gasteiger partial charge in [-0.1, -0.05) is 6.92 Å². The normalized spacial score (nSPS) is 16.1. The van der Waals surface area contributed by atoms with Gasteiger partial charge in [0.2, 0.25) is 0 Å². The van der Waals surface area contributed by atoms with Crippen LogP contribution >= 0.6 is 11.3 Å². The van der Waals surface area contributed by atoms with Crippen molar-refractivity contribution < 1.29 is 14.7 Å². The van der Waals surface area contributed by atoms with Crippen LogP contribution in [0.2, 0.25) is 0 Å². The highest BCUT2D eigenvalue weighted by Gasteiger charge is 2.39. The predicted molar refractivity (Wildman–Crippen MR) is 72.4 cm³/mol. The Labute approximate surface area is 116 Å². The van der Waals surface area contributed by atoms with Crippen LogP contribution in [0.5, 0.6) is 0 Å². The summed E-state index contributed by atoms with van der Waals surface area (Å²) in [5.41, 5.74) is 0. The van der Waals surface area contributed by atoms with Gasteiger partial charge < -0.3 is 10.0 Å². The van der Waals surface area contributed by atoms with Gasteiger partial charge in [0.05, 0.1) is 11.2 Å². The molecule has 5 nitrogen and oxygen atoms in total. The molecule has 0 saturated heterocycles. The molecule has 1 saturated carbocycles. The molecule has 2 rings (SSSR count). The van der Waals surface area contributed by atoms with Crippen LogP contribution in [0, 0.1) is 0 Å². The van der Waals surface area contributed by atoms with Gasteiger partial charge >= 0.3 is 5.97 Å². The SMILES string of the molecule is CCCc1ncc(C(=O)N(C2CC2)C(C)C(=O)O)s1. The van der Waals surface area contributed by atoms with Crippen molar-refractivity contribution in [1.29, 1.82) is 0 Å². The fourth-order valence-corrected chi connectivity index (χ4v) is 2.96. The molecule has 1 unspecified atom stereocenters. The maximum absolute atomic E-state index is 12.4. The van der Waals surface area contributed by atoms with E-state index in [0.29, 0.717) is 4.88 Å². The lowest BCUT2D eigenvalue weighted by Crippen LogP contribution is -2.44. The number of hydrogen-bond donors (Lipinski definition) is 1. The van der Waals surface area contributed by atoms with Crippen molar-refractivity contribution in [2.24, 2.45) is 0 Å². The highest BCUT2D eigenvalue weighted by Crippen LogP contribution is 2.31. The number of aryl methyl sites for hydroxylation is 1. The van der Waals surface area contributed by atoms with E-state index in [1.54, 1.807) is 13.1 Å². The summed E-state index contributed by atoms with van der Waals surface area (Å²) >= 11 is 1.37. The summed E-state index contributed by atoms with van der Waals surface area (Å²) in [5, 5.41) is 10.0. The Morgan fingerprint density at radius 3 is 2.79 bits per heavy atom. The summed E-state index contributed by atoms with van der Waals surface area (Å²) in [7, 11) is 0. The Kier molecular flexibility index (Phi) is 4.19. The first-order chi connectivity index (χ1) is 9.04. The zero-order valence-electron chi connectivity index (χ0n) is 11.1. The second-order valence-corrected chi connectivity index (χ2v) is 5.94. The fourth-order valence-electron chi connectivity index (χ4n) is 2.00. The first-order valence-electron chi connectivity index (χ1n) is 6.54. The number of carboxylic acids is 1. The molecule has 104 valence electrons. The topological polar surface area (TPSA) is 70.5 Å². The number of amides is 1. The maximum Gasteiger partial charge on any atom is 0.326 e. The minimum absolute atomic E-state index is 0.0790. The van der Waals surface area contributed by atoms with Crippen LogP contribution in [0.25, 0.3) is 0 Å². The van der Waals surface area contributed by atoms with Gasteiger partial charge in [-0.15, -0.1) is 11.3 Å². The van der Waals surface area contributed by atoms with Crippen LogP contribution in [0.4, 0.5) is 0 Å². The van der Waals surface area contributed by atoms with Crippen molar-refractivity contribution in [3.05, 3.63) is 16.1 Å². The molecule has 0 spiro atoms. The first-order valence-corrected chi connectivity index (χ1v) is 7.36. The van der Waals surface area contributed by atoms with Gasteiger partial charge in [-0.2, -0.15) is 0 Å². The van der Waals surface area contributed by atoms with Gasteiger partial charge in [-0.05, 0) is 32.6 Å². The van der Waals surface area contributed by atoms with E-state index < -0.39 is 12.0 Å². The van der Waals surface area contributed by atoms with Gasteiger partial charge in [0.25, 0.3) is 5.91 Å². The molecule has 1 aromatic rings. The largest absolute Gasteiger partial charge is 0.480 e. The minimum atomic E-state index is -0.960. The average molecular weight is 282 g/mol. The molecule has 1 heterocycles. The van der Waals surface area contributed by atoms with Crippen molar-refractivity contribution in [2.45, 2.75) is 51.6 Å². The second kappa shape index (κ2) is 5.69. The third kappa shape index (κ3) is 3.12. The molecular formula is C13H18N2O3S. The molecule has 19 heavy (non-hydrogen) atoms. The lowest BCUT2D eigenvalue weighted by atomic mass is 10.2. The van der Waals surface area contributed by atoms with Crippen molar-refractivity contribution in [3.8, 4) is 0 Å². The van der Waals surface area contributed by atoms with Gasteiger partial charge in [-0.25, -0.2) is 9.78 Å². The highest BCUT2D eigenvalue weighted by molar-refractivity contribution is 7.13. The van der Waals surface area contributed by atoms with Gasteiger partial charge in [0.1, 0.15) is 10.9 Å². The lowest BCUT2D eigenvalue weighted by molar-refractivity contribution is -0.141. The van der Waals surface area contributed by atoms with Crippen LogP contribution < -0.4 is 0 Å². The minimum Gasteiger partial charge on any atom is -0.480 e. The van der Waals surface area contributed by atoms with Gasteiger partial charge in [0, 0.05) is 6.04 Å². The molecule has 0 aromatic carbocycles. The zero-order chi connectivity index (χ0) is 14.0. The molecule has 0 radical (unpaired) electrons. The number of aromatic nitrogens is 1. The number of hydrogen-bond acceptors (Lipinski definition) is 4. The summed E-state index contributed by atoms with van der Waals surface area (Å²) in [6.07, 6.45) is 5.20. The van der Waals surface area contributed by atoms with Crippen LogP contribution in [0.15, 0.2) is 6.20 Å². The van der Waals surface area contributed by atoms with E-state index in [9.17, 15) is 9.59 Å². The average Bonchev–Trinajstić information content (AvgIpc) is 3.08. The molecule has 1 aliphatic carbocycles. The van der Waals surface area contributed by atoms with E-state index in [2.05, 4.69) is 11.9 Å². The molecule has 1 aliphatic rings. The van der Waals surface area contributed by atoms with Crippen molar-refractivity contribution in [1.82, 2.24) is 9.88 Å². The van der Waals surface area contributed by atoms with Crippen LogP contribution in [0.1, 0.15) is 47.8 Å². The number of rotatable bonds is 6. The van der Waals surface area contributed by atoms with Crippen molar-refractivity contribution in [3.63, 3.8) is 0 Å². The molecule has 0 bridgehead atoms. The second-order valence-electron chi connectivity index (χ2n) is 4.83. The van der Waals surface area contributed by atoms with E-state index in [1.807, 2.05) is 0 Å². The number of carbonyl (C=O) groups excluding carboxylic acids is 1. The summed E-state index contributed by atoms with van der Waals surface area (Å²) in [6.45, 7) is 3.62. The number of aliphatic carboxylic acids is 1. The number of thiazole rings is 1. The summed E-state index contributed by atoms with van der Waals surface area (Å²) in [6, 6.07) is -0.702. The number of carboxylic acid groups (broad SMARTS) is 1. The molecule has 1 atom stereocenters. The summed E-state index contributed by atoms with van der Waals surface area (Å²) in [4.78, 5) is 29.8. The first kappa shape index (κ1) is 14.0. The third-order valence-electron chi connectivity index (χ3n) is 3.18. The Morgan fingerprint density at radius 1 is 1.58 bits per heavy atom. The van der Waals surface area contributed by atoms with Crippen molar-refractivity contribution in [2.75, 3.05) is 0 Å². The Morgan fingerprint density at radius 2 is 2.26 bits per heavy atom. The number of carbonyl (C=O) groups is 2. The van der Waals surface area contributed by atoms with Gasteiger partial charge in [-0.3, -0.25) is 4.79 Å². The molecule has 1 aromatic heterocycles. The lowest BCUT2D eigenvalue weighted by Gasteiger charge is -2.25. The Balaban J connectivity index is 2.16. The van der Waals surface area contributed by atoms with Crippen molar-refractivity contribution >= 4 is 23.2 Å². The summed E-state index contributed by atoms with van der Waals surface area (Å²) in [5.74, 6) is -1.16. The van der Waals surface area contributed by atoms with E-state index in [4.69, 9.17) is 5.11 Å². The predicted octanol–water partition coefficient (Wildman–Crippen LogP) is 2.17. The van der Waals surface area contributed by atoms with Crippen LogP contribution in [-0.2, 0) is 11.2 Å². The molecular weight excluding hydrogens is 264 g/mol. The molecule has 1 fully saturated rings. The van der Waals surface area contributed by atoms with E-state index in [-0.39, 0.29) is 11.9 Å². The van der Waals surface area contributed by atoms with Gasteiger partial charge in [0.15, 0.2) is 0 Å². The standard InChI is InChI=1S/C13H18N2O3S/c1-3-4-11-14-7-10(19-11)12(16)15(9-5-6-9)8(2)13(17)18/h7-9H,3-6H2,1-2H3,(H,17,18). The van der Waals surface area contributed by atoms with Crippen LogP contribution in [-0.4, -0.2) is 39.0 Å². The monoisotopic (exact) mass is 282 g/mol. The maximum atomic E-state index is 12.4. The quantitative estimate of drug-likeness (QED) is 0.868. The molecule has 0 aliphatic heterocycles. The van der Waals surface area contributed by atoms with E-state index in [0.717, 1.165) is 30.7 Å². The van der Waals surface area contributed by atoms with E-state index in [1.165, 1.54) is 16.2 Å². The van der Waals surface area contributed by atoms with Crippen LogP contribution in [0.3, 0.4) is 0 Å². The Bertz CT molecular complexity index is 482. The molecule has 6 heteroatoms. The number of nitrogens with zero attached hydrogens (tertiary/aromatic N) is 2. The smallest absolute Gasteiger partial charge is 0.326 e. The van der Waals surface area contributed by atoms with E-state index >= 15 is 0 Å². The highest BCUT2D eigenvalue weighted by atomic mass is 32.1. The molecule has 1 amide bonds.